The van der Waals surface area contributed by atoms with Crippen molar-refractivity contribution in [2.24, 2.45) is 39.4 Å². The molecule has 0 heterocycles. The number of aliphatic hydroxyl groups excluding tert-OH is 2. The molecule has 0 aromatic carbocycles. The fourth-order valence-corrected chi connectivity index (χ4v) is 9.60. The molecule has 0 radical (unpaired) electrons. The number of fused-ring (bicyclic) bond motifs is 4. The van der Waals surface area contributed by atoms with E-state index in [9.17, 15) is 15.3 Å². The average molecular weight is 461 g/mol. The van der Waals surface area contributed by atoms with Gasteiger partial charge in [0.1, 0.15) is 0 Å². The van der Waals surface area contributed by atoms with E-state index in [1.165, 1.54) is 38.5 Å². The van der Waals surface area contributed by atoms with Gasteiger partial charge in [0.15, 0.2) is 0 Å². The monoisotopic (exact) mass is 460 g/mol. The summed E-state index contributed by atoms with van der Waals surface area (Å²) in [4.78, 5) is 0. The van der Waals surface area contributed by atoms with Crippen molar-refractivity contribution in [2.75, 3.05) is 0 Å². The third-order valence-electron chi connectivity index (χ3n) is 12.2. The normalized spacial score (nSPS) is 44.6. The van der Waals surface area contributed by atoms with Crippen molar-refractivity contribution >= 4 is 0 Å². The standard InChI is InChI=1S/C30H52O3/c1-19(9-12-25(32)27(4,5)33)20-13-17-30(8)22-10-11-23-26(2,3)24(31)15-16-28(23,6)21(22)14-18-29(20,30)7/h19-20,23-25,31-33H,9-18H2,1-8H3/t19-,20-,23+,24+,25+,28-,29-,30+/m1/s1. The maximum Gasteiger partial charge on any atom is 0.0849 e. The summed E-state index contributed by atoms with van der Waals surface area (Å²) in [5.74, 6) is 1.83. The highest BCUT2D eigenvalue weighted by Gasteiger charge is 2.63. The van der Waals surface area contributed by atoms with E-state index in [1.807, 2.05) is 0 Å². The van der Waals surface area contributed by atoms with Crippen LogP contribution in [0.4, 0.5) is 0 Å². The van der Waals surface area contributed by atoms with Crippen LogP contribution in [0, 0.1) is 39.4 Å². The van der Waals surface area contributed by atoms with Gasteiger partial charge in [0.05, 0.1) is 17.8 Å². The molecule has 3 heteroatoms. The second-order valence-electron chi connectivity index (χ2n) is 14.5. The van der Waals surface area contributed by atoms with E-state index < -0.39 is 11.7 Å². The number of rotatable bonds is 5. The Hall–Kier alpha value is -0.380. The Morgan fingerprint density at radius 3 is 2.21 bits per heavy atom. The molecule has 190 valence electrons. The molecular weight excluding hydrogens is 408 g/mol. The largest absolute Gasteiger partial charge is 0.393 e. The zero-order chi connectivity index (χ0) is 24.6. The summed E-state index contributed by atoms with van der Waals surface area (Å²) in [7, 11) is 0. The molecular formula is C30H52O3. The quantitative estimate of drug-likeness (QED) is 0.403. The molecule has 0 aliphatic heterocycles. The predicted octanol–water partition coefficient (Wildman–Crippen LogP) is 6.64. The fourth-order valence-electron chi connectivity index (χ4n) is 9.60. The number of hydrogen-bond acceptors (Lipinski definition) is 3. The average Bonchev–Trinajstić information content (AvgIpc) is 3.00. The zero-order valence-corrected chi connectivity index (χ0v) is 22.8. The van der Waals surface area contributed by atoms with Crippen molar-refractivity contribution in [1.29, 1.82) is 0 Å². The van der Waals surface area contributed by atoms with Crippen LogP contribution in [0.5, 0.6) is 0 Å². The second-order valence-corrected chi connectivity index (χ2v) is 14.5. The summed E-state index contributed by atoms with van der Waals surface area (Å²) in [5, 5.41) is 31.4. The van der Waals surface area contributed by atoms with Crippen LogP contribution >= 0.6 is 0 Å². The first-order valence-corrected chi connectivity index (χ1v) is 13.9. The van der Waals surface area contributed by atoms with Gasteiger partial charge in [-0.1, -0.05) is 52.7 Å². The number of hydrogen-bond donors (Lipinski definition) is 3. The SMILES string of the molecule is C[C@H](CC[C@H](O)C(C)(C)O)[C@H]1CC[C@@]2(C)C3=C(CC[C@]12C)[C@@]1(C)CC[C@H](O)C(C)(C)[C@@H]1CC3. The summed E-state index contributed by atoms with van der Waals surface area (Å²) in [6.45, 7) is 18.2. The second kappa shape index (κ2) is 8.07. The van der Waals surface area contributed by atoms with Crippen molar-refractivity contribution in [1.82, 2.24) is 0 Å². The lowest BCUT2D eigenvalue weighted by Crippen LogP contribution is -2.55. The highest BCUT2D eigenvalue weighted by atomic mass is 16.3. The predicted molar refractivity (Wildman–Crippen MR) is 136 cm³/mol. The van der Waals surface area contributed by atoms with Crippen LogP contribution in [0.1, 0.15) is 120 Å². The minimum absolute atomic E-state index is 0.00122. The molecule has 0 amide bonds. The Kier molecular flexibility index (Phi) is 6.28. The van der Waals surface area contributed by atoms with Gasteiger partial charge in [-0.3, -0.25) is 0 Å². The van der Waals surface area contributed by atoms with Gasteiger partial charge in [0.25, 0.3) is 0 Å². The molecule has 0 bridgehead atoms. The van der Waals surface area contributed by atoms with Crippen molar-refractivity contribution < 1.29 is 15.3 Å². The molecule has 4 aliphatic rings. The third-order valence-corrected chi connectivity index (χ3v) is 12.2. The summed E-state index contributed by atoms with van der Waals surface area (Å²) >= 11 is 0. The topological polar surface area (TPSA) is 60.7 Å². The minimum atomic E-state index is -1.02. The van der Waals surface area contributed by atoms with E-state index in [0.29, 0.717) is 29.6 Å². The maximum atomic E-state index is 10.8. The summed E-state index contributed by atoms with van der Waals surface area (Å²) in [6, 6.07) is 0. The highest BCUT2D eigenvalue weighted by Crippen LogP contribution is 2.72. The van der Waals surface area contributed by atoms with Crippen LogP contribution in [-0.2, 0) is 0 Å². The van der Waals surface area contributed by atoms with Crippen LogP contribution in [0.15, 0.2) is 11.1 Å². The Bertz CT molecular complexity index is 791. The van der Waals surface area contributed by atoms with E-state index in [-0.39, 0.29) is 22.3 Å². The summed E-state index contributed by atoms with van der Waals surface area (Å²) < 4.78 is 0. The van der Waals surface area contributed by atoms with E-state index in [0.717, 1.165) is 19.3 Å². The van der Waals surface area contributed by atoms with Gasteiger partial charge in [0.2, 0.25) is 0 Å². The Morgan fingerprint density at radius 1 is 0.909 bits per heavy atom. The van der Waals surface area contributed by atoms with Crippen LogP contribution in [-0.4, -0.2) is 33.1 Å². The molecule has 8 atom stereocenters. The van der Waals surface area contributed by atoms with E-state index in [2.05, 4.69) is 41.5 Å². The van der Waals surface area contributed by atoms with Crippen molar-refractivity contribution in [3.63, 3.8) is 0 Å². The van der Waals surface area contributed by atoms with Gasteiger partial charge in [-0.15, -0.1) is 0 Å². The molecule has 0 saturated heterocycles. The van der Waals surface area contributed by atoms with Crippen LogP contribution in [0.2, 0.25) is 0 Å². The van der Waals surface area contributed by atoms with Gasteiger partial charge in [-0.2, -0.15) is 0 Å². The Balaban J connectivity index is 1.60. The van der Waals surface area contributed by atoms with Gasteiger partial charge < -0.3 is 15.3 Å². The molecule has 2 fully saturated rings. The molecule has 4 rings (SSSR count). The smallest absolute Gasteiger partial charge is 0.0849 e. The van der Waals surface area contributed by atoms with E-state index in [1.54, 1.807) is 25.0 Å². The number of allylic oxidation sites excluding steroid dienone is 2. The van der Waals surface area contributed by atoms with E-state index >= 15 is 0 Å². The third kappa shape index (κ3) is 3.70. The van der Waals surface area contributed by atoms with Crippen LogP contribution in [0.25, 0.3) is 0 Å². The Morgan fingerprint density at radius 2 is 1.58 bits per heavy atom. The maximum absolute atomic E-state index is 10.8. The zero-order valence-electron chi connectivity index (χ0n) is 22.8. The Labute approximate surface area is 203 Å². The molecule has 0 aromatic heterocycles. The fraction of sp³-hybridized carbons (Fsp3) is 0.933. The summed E-state index contributed by atoms with van der Waals surface area (Å²) in [6.07, 6.45) is 10.5. The van der Waals surface area contributed by atoms with Gasteiger partial charge in [-0.05, 0) is 117 Å². The van der Waals surface area contributed by atoms with Gasteiger partial charge in [0, 0.05) is 0 Å². The molecule has 3 nitrogen and oxygen atoms in total. The number of aliphatic hydroxyl groups is 3. The molecule has 3 N–H and O–H groups in total. The van der Waals surface area contributed by atoms with Crippen LogP contribution < -0.4 is 0 Å². The molecule has 2 saturated carbocycles. The first kappa shape index (κ1) is 25.7. The van der Waals surface area contributed by atoms with Crippen molar-refractivity contribution in [3.05, 3.63) is 11.1 Å². The van der Waals surface area contributed by atoms with Crippen LogP contribution in [0.3, 0.4) is 0 Å². The lowest BCUT2D eigenvalue weighted by Gasteiger charge is -2.62. The first-order valence-electron chi connectivity index (χ1n) is 13.9. The molecule has 0 unspecified atom stereocenters. The first-order chi connectivity index (χ1) is 15.1. The summed E-state index contributed by atoms with van der Waals surface area (Å²) in [5.41, 5.74) is 3.41. The van der Waals surface area contributed by atoms with E-state index in [4.69, 9.17) is 0 Å². The van der Waals surface area contributed by atoms with Crippen molar-refractivity contribution in [3.8, 4) is 0 Å². The van der Waals surface area contributed by atoms with Gasteiger partial charge in [-0.25, -0.2) is 0 Å². The molecule has 4 aliphatic carbocycles. The molecule has 0 spiro atoms. The molecule has 0 aromatic rings. The molecule has 33 heavy (non-hydrogen) atoms. The van der Waals surface area contributed by atoms with Gasteiger partial charge >= 0.3 is 0 Å². The lowest BCUT2D eigenvalue weighted by molar-refractivity contribution is -0.0964. The van der Waals surface area contributed by atoms with Crippen molar-refractivity contribution in [2.45, 2.75) is 137 Å². The highest BCUT2D eigenvalue weighted by molar-refractivity contribution is 5.38. The lowest BCUT2D eigenvalue weighted by atomic mass is 9.43. The minimum Gasteiger partial charge on any atom is -0.393 e.